The maximum atomic E-state index is 5.68. The standard InChI is InChI=1S/C9H16O2/c1-7(2)9(5)6-10-8(3,4)11-9/h1,6H2,2-5H3. The monoisotopic (exact) mass is 156 g/mol. The van der Waals surface area contributed by atoms with Crippen molar-refractivity contribution in [3.63, 3.8) is 0 Å². The van der Waals surface area contributed by atoms with Crippen LogP contribution in [0.2, 0.25) is 0 Å². The summed E-state index contributed by atoms with van der Waals surface area (Å²) in [6, 6.07) is 0. The molecule has 2 heteroatoms. The molecule has 0 amide bonds. The second-order valence-corrected chi connectivity index (χ2v) is 3.80. The average Bonchev–Trinajstić information content (AvgIpc) is 2.08. The Labute approximate surface area is 68.2 Å². The summed E-state index contributed by atoms with van der Waals surface area (Å²) in [4.78, 5) is 0. The number of ether oxygens (including phenoxy) is 2. The lowest BCUT2D eigenvalue weighted by molar-refractivity contribution is -0.150. The second kappa shape index (κ2) is 2.32. The number of hydrogen-bond donors (Lipinski definition) is 0. The molecule has 1 atom stereocenters. The van der Waals surface area contributed by atoms with Gasteiger partial charge in [0.1, 0.15) is 5.60 Å². The van der Waals surface area contributed by atoms with Crippen LogP contribution in [-0.2, 0) is 9.47 Å². The van der Waals surface area contributed by atoms with E-state index < -0.39 is 5.79 Å². The molecule has 64 valence electrons. The van der Waals surface area contributed by atoms with E-state index in [1.165, 1.54) is 0 Å². The molecule has 0 aromatic heterocycles. The van der Waals surface area contributed by atoms with Crippen LogP contribution in [0.1, 0.15) is 27.7 Å². The van der Waals surface area contributed by atoms with Crippen molar-refractivity contribution in [2.24, 2.45) is 0 Å². The van der Waals surface area contributed by atoms with Crippen molar-refractivity contribution in [2.75, 3.05) is 6.61 Å². The summed E-state index contributed by atoms with van der Waals surface area (Å²) in [5.41, 5.74) is 0.729. The molecular formula is C9H16O2. The molecule has 1 saturated heterocycles. The Morgan fingerprint density at radius 2 is 1.91 bits per heavy atom. The zero-order valence-corrected chi connectivity index (χ0v) is 7.73. The zero-order valence-electron chi connectivity index (χ0n) is 7.73. The summed E-state index contributed by atoms with van der Waals surface area (Å²) >= 11 is 0. The van der Waals surface area contributed by atoms with Crippen LogP contribution in [0.15, 0.2) is 12.2 Å². The third-order valence-electron chi connectivity index (χ3n) is 2.07. The molecule has 1 aliphatic heterocycles. The molecule has 1 heterocycles. The Morgan fingerprint density at radius 3 is 2.09 bits per heavy atom. The minimum Gasteiger partial charge on any atom is -0.347 e. The summed E-state index contributed by atoms with van der Waals surface area (Å²) in [7, 11) is 0. The van der Waals surface area contributed by atoms with E-state index in [2.05, 4.69) is 6.58 Å². The van der Waals surface area contributed by atoms with Crippen molar-refractivity contribution >= 4 is 0 Å². The van der Waals surface area contributed by atoms with Crippen LogP contribution in [-0.4, -0.2) is 18.0 Å². The van der Waals surface area contributed by atoms with Gasteiger partial charge in [0.05, 0.1) is 6.61 Å². The summed E-state index contributed by atoms with van der Waals surface area (Å²) < 4.78 is 11.1. The molecule has 0 N–H and O–H groups in total. The highest BCUT2D eigenvalue weighted by Gasteiger charge is 2.42. The van der Waals surface area contributed by atoms with E-state index in [9.17, 15) is 0 Å². The van der Waals surface area contributed by atoms with Gasteiger partial charge in [-0.1, -0.05) is 6.58 Å². The van der Waals surface area contributed by atoms with E-state index in [-0.39, 0.29) is 5.60 Å². The lowest BCUT2D eigenvalue weighted by Crippen LogP contribution is -2.31. The molecular weight excluding hydrogens is 140 g/mol. The fourth-order valence-corrected chi connectivity index (χ4v) is 1.12. The minimum atomic E-state index is -0.451. The quantitative estimate of drug-likeness (QED) is 0.541. The van der Waals surface area contributed by atoms with E-state index in [0.717, 1.165) is 5.57 Å². The third kappa shape index (κ3) is 1.63. The lowest BCUT2D eigenvalue weighted by Gasteiger charge is -2.25. The number of rotatable bonds is 1. The Bertz CT molecular complexity index is 184. The third-order valence-corrected chi connectivity index (χ3v) is 2.07. The van der Waals surface area contributed by atoms with Gasteiger partial charge in [-0.15, -0.1) is 0 Å². The van der Waals surface area contributed by atoms with Crippen molar-refractivity contribution in [3.8, 4) is 0 Å². The molecule has 0 radical (unpaired) electrons. The molecule has 0 aromatic carbocycles. The molecule has 0 bridgehead atoms. The predicted molar refractivity (Wildman–Crippen MR) is 44.3 cm³/mol. The van der Waals surface area contributed by atoms with Gasteiger partial charge in [-0.25, -0.2) is 0 Å². The zero-order chi connectivity index (χ0) is 8.70. The Balaban J connectivity index is 2.73. The van der Waals surface area contributed by atoms with Gasteiger partial charge in [-0.2, -0.15) is 0 Å². The number of hydrogen-bond acceptors (Lipinski definition) is 2. The fraction of sp³-hybridized carbons (Fsp3) is 0.778. The van der Waals surface area contributed by atoms with Gasteiger partial charge < -0.3 is 9.47 Å². The van der Waals surface area contributed by atoms with Gasteiger partial charge in [-0.05, 0) is 33.3 Å². The van der Waals surface area contributed by atoms with Crippen LogP contribution >= 0.6 is 0 Å². The Hall–Kier alpha value is -0.340. The summed E-state index contributed by atoms with van der Waals surface area (Å²) in [6.07, 6.45) is 0. The first-order chi connectivity index (χ1) is 4.86. The highest BCUT2D eigenvalue weighted by atomic mass is 16.8. The van der Waals surface area contributed by atoms with Crippen molar-refractivity contribution in [3.05, 3.63) is 12.2 Å². The van der Waals surface area contributed by atoms with Gasteiger partial charge in [0, 0.05) is 0 Å². The van der Waals surface area contributed by atoms with Gasteiger partial charge in [-0.3, -0.25) is 0 Å². The molecule has 2 nitrogen and oxygen atoms in total. The van der Waals surface area contributed by atoms with Crippen LogP contribution in [0.5, 0.6) is 0 Å². The fourth-order valence-electron chi connectivity index (χ4n) is 1.12. The smallest absolute Gasteiger partial charge is 0.164 e. The van der Waals surface area contributed by atoms with E-state index in [0.29, 0.717) is 6.61 Å². The first kappa shape index (κ1) is 8.75. The van der Waals surface area contributed by atoms with E-state index in [4.69, 9.17) is 9.47 Å². The van der Waals surface area contributed by atoms with Crippen LogP contribution in [0.25, 0.3) is 0 Å². The molecule has 1 fully saturated rings. The van der Waals surface area contributed by atoms with Crippen molar-refractivity contribution < 1.29 is 9.47 Å². The predicted octanol–water partition coefficient (Wildman–Crippen LogP) is 2.10. The lowest BCUT2D eigenvalue weighted by atomic mass is 10.0. The molecule has 0 aliphatic carbocycles. The highest BCUT2D eigenvalue weighted by Crippen LogP contribution is 2.34. The Morgan fingerprint density at radius 1 is 1.36 bits per heavy atom. The summed E-state index contributed by atoms with van der Waals surface area (Å²) in [5.74, 6) is -0.451. The summed E-state index contributed by atoms with van der Waals surface area (Å²) in [5, 5.41) is 0. The maximum Gasteiger partial charge on any atom is 0.164 e. The van der Waals surface area contributed by atoms with Crippen molar-refractivity contribution in [1.82, 2.24) is 0 Å². The van der Waals surface area contributed by atoms with Gasteiger partial charge in [0.15, 0.2) is 5.79 Å². The molecule has 1 unspecified atom stereocenters. The Kier molecular flexibility index (Phi) is 1.85. The van der Waals surface area contributed by atoms with Gasteiger partial charge >= 0.3 is 0 Å². The first-order valence-corrected chi connectivity index (χ1v) is 3.86. The molecule has 0 spiro atoms. The molecule has 1 aliphatic rings. The molecule has 11 heavy (non-hydrogen) atoms. The maximum absolute atomic E-state index is 5.68. The second-order valence-electron chi connectivity index (χ2n) is 3.80. The topological polar surface area (TPSA) is 18.5 Å². The van der Waals surface area contributed by atoms with Crippen molar-refractivity contribution in [1.29, 1.82) is 0 Å². The van der Waals surface area contributed by atoms with Gasteiger partial charge in [0.2, 0.25) is 0 Å². The van der Waals surface area contributed by atoms with E-state index in [1.54, 1.807) is 0 Å². The summed E-state index contributed by atoms with van der Waals surface area (Å²) in [6.45, 7) is 12.3. The SMILES string of the molecule is C=C(C)C1(C)COC(C)(C)O1. The average molecular weight is 156 g/mol. The van der Waals surface area contributed by atoms with Crippen LogP contribution in [0, 0.1) is 0 Å². The van der Waals surface area contributed by atoms with Crippen LogP contribution < -0.4 is 0 Å². The molecule has 0 saturated carbocycles. The highest BCUT2D eigenvalue weighted by molar-refractivity contribution is 5.10. The van der Waals surface area contributed by atoms with E-state index >= 15 is 0 Å². The van der Waals surface area contributed by atoms with Crippen LogP contribution in [0.3, 0.4) is 0 Å². The normalized spacial score (nSPS) is 35.6. The largest absolute Gasteiger partial charge is 0.347 e. The van der Waals surface area contributed by atoms with Crippen molar-refractivity contribution in [2.45, 2.75) is 39.1 Å². The molecule has 0 aromatic rings. The first-order valence-electron chi connectivity index (χ1n) is 3.86. The van der Waals surface area contributed by atoms with E-state index in [1.807, 2.05) is 27.7 Å². The minimum absolute atomic E-state index is 0.288. The molecule has 1 rings (SSSR count). The van der Waals surface area contributed by atoms with Crippen LogP contribution in [0.4, 0.5) is 0 Å². The van der Waals surface area contributed by atoms with Gasteiger partial charge in [0.25, 0.3) is 0 Å².